The molecule has 0 aliphatic carbocycles. The number of aromatic hydroxyl groups is 1. The zero-order valence-corrected chi connectivity index (χ0v) is 15.1. The number of fused-ring (bicyclic) bond motifs is 1. The fraction of sp³-hybridized carbons (Fsp3) is 0.250. The lowest BCUT2D eigenvalue weighted by atomic mass is 9.91. The molecule has 0 bridgehead atoms. The number of nitrogens with one attached hydrogen (secondary N) is 1. The molecule has 0 aromatic heterocycles. The summed E-state index contributed by atoms with van der Waals surface area (Å²) in [6.45, 7) is 6.00. The van der Waals surface area contributed by atoms with Crippen molar-refractivity contribution in [3.63, 3.8) is 0 Å². The Labute approximate surface area is 152 Å². The van der Waals surface area contributed by atoms with Crippen molar-refractivity contribution >= 4 is 17.4 Å². The van der Waals surface area contributed by atoms with Gasteiger partial charge in [0.15, 0.2) is 11.9 Å². The zero-order chi connectivity index (χ0) is 18.2. The molecule has 2 N–H and O–H groups in total. The number of halogens is 1. The van der Waals surface area contributed by atoms with E-state index in [2.05, 4.69) is 5.32 Å². The van der Waals surface area contributed by atoms with Crippen molar-refractivity contribution in [2.75, 3.05) is 0 Å². The van der Waals surface area contributed by atoms with E-state index in [4.69, 9.17) is 16.3 Å². The first-order valence-electron chi connectivity index (χ1n) is 8.03. The molecule has 1 aliphatic heterocycles. The van der Waals surface area contributed by atoms with E-state index in [-0.39, 0.29) is 17.1 Å². The fourth-order valence-corrected chi connectivity index (χ4v) is 2.79. The number of ether oxygens (including phenoxy) is 1. The topological polar surface area (TPSA) is 58.6 Å². The highest BCUT2D eigenvalue weighted by molar-refractivity contribution is 6.30. The highest BCUT2D eigenvalue weighted by Gasteiger charge is 2.34. The molecule has 0 spiro atoms. The Morgan fingerprint density at radius 2 is 1.92 bits per heavy atom. The summed E-state index contributed by atoms with van der Waals surface area (Å²) in [6.07, 6.45) is 0.964. The first-order chi connectivity index (χ1) is 11.8. The third-order valence-corrected chi connectivity index (χ3v) is 4.09. The quantitative estimate of drug-likeness (QED) is 0.769. The highest BCUT2D eigenvalue weighted by Crippen LogP contribution is 2.41. The molecule has 1 unspecified atom stereocenters. The van der Waals surface area contributed by atoms with E-state index in [9.17, 15) is 9.90 Å². The number of Topliss-reactive ketones (excluding diaryl/α,β-unsaturated/α-hetero) is 1. The second-order valence-corrected chi connectivity index (χ2v) is 7.46. The van der Waals surface area contributed by atoms with Crippen LogP contribution < -0.4 is 10.1 Å². The molecule has 0 amide bonds. The van der Waals surface area contributed by atoms with Crippen molar-refractivity contribution in [1.82, 2.24) is 5.32 Å². The number of rotatable bonds is 2. The lowest BCUT2D eigenvalue weighted by Gasteiger charge is -2.29. The Morgan fingerprint density at radius 3 is 2.60 bits per heavy atom. The summed E-state index contributed by atoms with van der Waals surface area (Å²) in [4.78, 5) is 13.0. The molecule has 1 aliphatic rings. The van der Waals surface area contributed by atoms with Gasteiger partial charge in [-0.25, -0.2) is 0 Å². The van der Waals surface area contributed by atoms with Crippen molar-refractivity contribution in [3.8, 4) is 11.5 Å². The number of carbonyl (C=O) groups excluding carboxylic acids is 1. The van der Waals surface area contributed by atoms with Crippen LogP contribution in [0.15, 0.2) is 54.2 Å². The Hall–Kier alpha value is -2.46. The van der Waals surface area contributed by atoms with Gasteiger partial charge in [-0.2, -0.15) is 0 Å². The summed E-state index contributed by atoms with van der Waals surface area (Å²) in [5, 5.41) is 13.9. The standard InChI is InChI=1S/C20H20ClNO3/c1-20(2,3)22-11-15-18(24)14-6-4-5-7-17(14)25-19(15)13-9-8-12(21)10-16(13)23/h4-11,19,22-23H,1-3H3/b15-11+. The van der Waals surface area contributed by atoms with Crippen molar-refractivity contribution in [1.29, 1.82) is 0 Å². The van der Waals surface area contributed by atoms with E-state index in [1.807, 2.05) is 26.8 Å². The average molecular weight is 358 g/mol. The zero-order valence-electron chi connectivity index (χ0n) is 14.3. The summed E-state index contributed by atoms with van der Waals surface area (Å²) >= 11 is 5.93. The average Bonchev–Trinajstić information content (AvgIpc) is 2.53. The third kappa shape index (κ3) is 3.64. The van der Waals surface area contributed by atoms with Crippen LogP contribution in [0.4, 0.5) is 0 Å². The maximum Gasteiger partial charge on any atom is 0.198 e. The van der Waals surface area contributed by atoms with Crippen LogP contribution in [0.2, 0.25) is 5.02 Å². The number of phenolic OH excluding ortho intramolecular Hbond substituents is 1. The molecule has 0 saturated heterocycles. The monoisotopic (exact) mass is 357 g/mol. The van der Waals surface area contributed by atoms with Crippen LogP contribution in [0.1, 0.15) is 42.8 Å². The molecule has 5 heteroatoms. The van der Waals surface area contributed by atoms with Gasteiger partial charge in [-0.1, -0.05) is 23.7 Å². The van der Waals surface area contributed by atoms with Crippen LogP contribution in [0, 0.1) is 0 Å². The molecule has 2 aromatic rings. The molecule has 1 atom stereocenters. The van der Waals surface area contributed by atoms with E-state index >= 15 is 0 Å². The normalized spacial score (nSPS) is 18.6. The van der Waals surface area contributed by atoms with Gasteiger partial charge in [0, 0.05) is 22.3 Å². The smallest absolute Gasteiger partial charge is 0.198 e. The molecule has 4 nitrogen and oxygen atoms in total. The number of hydrogen-bond donors (Lipinski definition) is 2. The Balaban J connectivity index is 2.11. The number of para-hydroxylation sites is 1. The third-order valence-electron chi connectivity index (χ3n) is 3.86. The molecule has 3 rings (SSSR count). The van der Waals surface area contributed by atoms with Gasteiger partial charge in [0.25, 0.3) is 0 Å². The van der Waals surface area contributed by atoms with Gasteiger partial charge < -0.3 is 15.2 Å². The summed E-state index contributed by atoms with van der Waals surface area (Å²) in [6, 6.07) is 11.9. The Bertz CT molecular complexity index is 852. The maximum absolute atomic E-state index is 13.0. The highest BCUT2D eigenvalue weighted by atomic mass is 35.5. The number of ketones is 1. The largest absolute Gasteiger partial charge is 0.507 e. The molecular weight excluding hydrogens is 338 g/mol. The van der Waals surface area contributed by atoms with E-state index in [0.29, 0.717) is 27.5 Å². The van der Waals surface area contributed by atoms with Gasteiger partial charge in [-0.3, -0.25) is 4.79 Å². The maximum atomic E-state index is 13.0. The summed E-state index contributed by atoms with van der Waals surface area (Å²) in [7, 11) is 0. The Morgan fingerprint density at radius 1 is 1.20 bits per heavy atom. The van der Waals surface area contributed by atoms with Gasteiger partial charge in [0.1, 0.15) is 11.5 Å². The van der Waals surface area contributed by atoms with Crippen molar-refractivity contribution < 1.29 is 14.6 Å². The first kappa shape index (κ1) is 17.4. The van der Waals surface area contributed by atoms with Crippen LogP contribution in [0.25, 0.3) is 0 Å². The number of phenols is 1. The van der Waals surface area contributed by atoms with E-state index < -0.39 is 6.10 Å². The molecule has 25 heavy (non-hydrogen) atoms. The number of carbonyl (C=O) groups is 1. The minimum Gasteiger partial charge on any atom is -0.507 e. The number of hydrogen-bond acceptors (Lipinski definition) is 4. The van der Waals surface area contributed by atoms with Crippen LogP contribution in [-0.4, -0.2) is 16.4 Å². The van der Waals surface area contributed by atoms with Crippen LogP contribution in [-0.2, 0) is 0 Å². The minimum absolute atomic E-state index is 0.00802. The van der Waals surface area contributed by atoms with Gasteiger partial charge in [-0.15, -0.1) is 0 Å². The van der Waals surface area contributed by atoms with Crippen molar-refractivity contribution in [3.05, 3.63) is 70.4 Å². The second kappa shape index (κ2) is 6.45. The molecule has 0 fully saturated rings. The molecule has 1 heterocycles. The summed E-state index contributed by atoms with van der Waals surface area (Å²) in [5.74, 6) is 0.365. The number of benzene rings is 2. The lowest BCUT2D eigenvalue weighted by Crippen LogP contribution is -2.34. The predicted octanol–water partition coefficient (Wildman–Crippen LogP) is 4.63. The van der Waals surface area contributed by atoms with Gasteiger partial charge in [0.05, 0.1) is 11.1 Å². The molecular formula is C20H20ClNO3. The van der Waals surface area contributed by atoms with Crippen LogP contribution in [0.5, 0.6) is 11.5 Å². The Kier molecular flexibility index (Phi) is 4.48. The summed E-state index contributed by atoms with van der Waals surface area (Å²) < 4.78 is 6.05. The molecule has 2 aromatic carbocycles. The van der Waals surface area contributed by atoms with Crippen LogP contribution >= 0.6 is 11.6 Å². The van der Waals surface area contributed by atoms with Crippen molar-refractivity contribution in [2.24, 2.45) is 0 Å². The van der Waals surface area contributed by atoms with E-state index in [0.717, 1.165) is 0 Å². The van der Waals surface area contributed by atoms with E-state index in [1.54, 1.807) is 36.5 Å². The van der Waals surface area contributed by atoms with Crippen molar-refractivity contribution in [2.45, 2.75) is 32.4 Å². The summed E-state index contributed by atoms with van der Waals surface area (Å²) in [5.41, 5.74) is 1.23. The lowest BCUT2D eigenvalue weighted by molar-refractivity contribution is 0.0958. The van der Waals surface area contributed by atoms with E-state index in [1.165, 1.54) is 6.07 Å². The first-order valence-corrected chi connectivity index (χ1v) is 8.40. The SMILES string of the molecule is CC(C)(C)N/C=C1\C(=O)c2ccccc2OC1c1ccc(Cl)cc1O. The molecule has 130 valence electrons. The molecule has 0 saturated carbocycles. The van der Waals surface area contributed by atoms with Gasteiger partial charge in [0.2, 0.25) is 0 Å². The van der Waals surface area contributed by atoms with Gasteiger partial charge >= 0.3 is 0 Å². The van der Waals surface area contributed by atoms with Gasteiger partial charge in [-0.05, 0) is 51.1 Å². The minimum atomic E-state index is -0.713. The van der Waals surface area contributed by atoms with Crippen LogP contribution in [0.3, 0.4) is 0 Å². The molecule has 0 radical (unpaired) electrons. The predicted molar refractivity (Wildman–Crippen MR) is 98.2 cm³/mol. The second-order valence-electron chi connectivity index (χ2n) is 7.02. The fourth-order valence-electron chi connectivity index (χ4n) is 2.63.